The van der Waals surface area contributed by atoms with Crippen molar-refractivity contribution in [2.45, 2.75) is 39.3 Å². The Morgan fingerprint density at radius 3 is 2.91 bits per heavy atom. The van der Waals surface area contributed by atoms with Gasteiger partial charge in [0.15, 0.2) is 0 Å². The maximum Gasteiger partial charge on any atom is 0.434 e. The Morgan fingerprint density at radius 2 is 2.27 bits per heavy atom. The van der Waals surface area contributed by atoms with E-state index < -0.39 is 11.0 Å². The highest BCUT2D eigenvalue weighted by Gasteiger charge is 2.23. The standard InChI is InChI=1S/C12H19FN4O3.C2H6/c13-6-10-2-1-4-15(7-10)8-11(18)9-16-5-3-14-12(16)17(19)20;1-2/h3,5,10-11,18H,1-2,4,6-9H2;1-2H3. The van der Waals surface area contributed by atoms with E-state index >= 15 is 0 Å². The SMILES string of the molecule is CC.O=[N+]([O-])c1nccn1CC(O)CN1CCCC(CF)C1. The Morgan fingerprint density at radius 1 is 1.55 bits per heavy atom. The lowest BCUT2D eigenvalue weighted by Crippen LogP contribution is -2.41. The number of likely N-dealkylation sites (tertiary alicyclic amines) is 1. The molecule has 126 valence electrons. The second-order valence-corrected chi connectivity index (χ2v) is 5.21. The zero-order chi connectivity index (χ0) is 16.5. The number of rotatable bonds is 6. The van der Waals surface area contributed by atoms with Crippen LogP contribution in [0.2, 0.25) is 0 Å². The molecule has 1 aromatic rings. The predicted molar refractivity (Wildman–Crippen MR) is 81.4 cm³/mol. The van der Waals surface area contributed by atoms with Crippen LogP contribution in [0.4, 0.5) is 10.3 Å². The molecule has 1 saturated heterocycles. The summed E-state index contributed by atoms with van der Waals surface area (Å²) in [4.78, 5) is 15.8. The van der Waals surface area contributed by atoms with Gasteiger partial charge in [-0.15, -0.1) is 0 Å². The molecule has 0 aromatic carbocycles. The van der Waals surface area contributed by atoms with Gasteiger partial charge in [0.2, 0.25) is 0 Å². The number of alkyl halides is 1. The van der Waals surface area contributed by atoms with Gasteiger partial charge in [0.1, 0.15) is 12.4 Å². The minimum atomic E-state index is -0.735. The maximum atomic E-state index is 12.7. The largest absolute Gasteiger partial charge is 0.434 e. The normalized spacial score (nSPS) is 20.1. The molecule has 7 nitrogen and oxygen atoms in total. The summed E-state index contributed by atoms with van der Waals surface area (Å²) in [5, 5.41) is 20.8. The number of nitrogens with zero attached hydrogens (tertiary/aromatic N) is 4. The van der Waals surface area contributed by atoms with Crippen molar-refractivity contribution in [1.82, 2.24) is 14.5 Å². The lowest BCUT2D eigenvalue weighted by molar-refractivity contribution is -0.397. The molecule has 2 rings (SSSR count). The number of hydrogen-bond donors (Lipinski definition) is 1. The van der Waals surface area contributed by atoms with Crippen LogP contribution in [-0.2, 0) is 6.54 Å². The third-order valence-electron chi connectivity index (χ3n) is 3.55. The molecule has 0 spiro atoms. The predicted octanol–water partition coefficient (Wildman–Crippen LogP) is 1.86. The summed E-state index contributed by atoms with van der Waals surface area (Å²) in [6.07, 6.45) is 3.89. The van der Waals surface area contributed by atoms with Crippen LogP contribution in [-0.4, -0.2) is 56.9 Å². The van der Waals surface area contributed by atoms with Gasteiger partial charge < -0.3 is 20.1 Å². The first-order chi connectivity index (χ1) is 10.6. The average Bonchev–Trinajstić information content (AvgIpc) is 2.97. The van der Waals surface area contributed by atoms with Crippen LogP contribution in [0.3, 0.4) is 0 Å². The summed E-state index contributed by atoms with van der Waals surface area (Å²) in [6, 6.07) is 0. The van der Waals surface area contributed by atoms with Crippen molar-refractivity contribution in [3.8, 4) is 0 Å². The fraction of sp³-hybridized carbons (Fsp3) is 0.786. The van der Waals surface area contributed by atoms with E-state index in [1.807, 2.05) is 18.7 Å². The first-order valence-corrected chi connectivity index (χ1v) is 7.72. The number of hydrogen-bond acceptors (Lipinski definition) is 5. The monoisotopic (exact) mass is 316 g/mol. The topological polar surface area (TPSA) is 84.4 Å². The van der Waals surface area contributed by atoms with Gasteiger partial charge >= 0.3 is 5.95 Å². The first kappa shape index (κ1) is 18.5. The van der Waals surface area contributed by atoms with E-state index in [1.54, 1.807) is 0 Å². The fourth-order valence-electron chi connectivity index (χ4n) is 2.64. The first-order valence-electron chi connectivity index (χ1n) is 7.72. The number of aromatic nitrogens is 2. The van der Waals surface area contributed by atoms with Crippen LogP contribution in [0.15, 0.2) is 12.4 Å². The number of aliphatic hydroxyl groups excluding tert-OH is 1. The van der Waals surface area contributed by atoms with Crippen LogP contribution in [0.25, 0.3) is 0 Å². The molecule has 1 fully saturated rings. The molecule has 0 bridgehead atoms. The van der Waals surface area contributed by atoms with Gasteiger partial charge in [-0.25, -0.2) is 4.57 Å². The van der Waals surface area contributed by atoms with E-state index in [1.165, 1.54) is 17.0 Å². The van der Waals surface area contributed by atoms with Crippen molar-refractivity contribution < 1.29 is 14.4 Å². The second kappa shape index (κ2) is 9.47. The van der Waals surface area contributed by atoms with Gasteiger partial charge in [0.25, 0.3) is 0 Å². The lowest BCUT2D eigenvalue weighted by atomic mass is 9.99. The molecule has 2 unspecified atom stereocenters. The molecule has 1 N–H and O–H groups in total. The number of nitro groups is 1. The molecule has 8 heteroatoms. The Kier molecular flexibility index (Phi) is 7.97. The van der Waals surface area contributed by atoms with Crippen molar-refractivity contribution in [3.63, 3.8) is 0 Å². The molecular weight excluding hydrogens is 291 g/mol. The average molecular weight is 316 g/mol. The van der Waals surface area contributed by atoms with Gasteiger partial charge in [-0.2, -0.15) is 0 Å². The zero-order valence-corrected chi connectivity index (χ0v) is 13.2. The quantitative estimate of drug-likeness (QED) is 0.639. The maximum absolute atomic E-state index is 12.7. The highest BCUT2D eigenvalue weighted by molar-refractivity contribution is 5.06. The van der Waals surface area contributed by atoms with Gasteiger partial charge in [0, 0.05) is 19.0 Å². The minimum Gasteiger partial charge on any atom is -0.390 e. The lowest BCUT2D eigenvalue weighted by Gasteiger charge is -2.32. The molecule has 2 atom stereocenters. The summed E-state index contributed by atoms with van der Waals surface area (Å²) in [6.45, 7) is 5.65. The molecule has 1 aliphatic heterocycles. The smallest absolute Gasteiger partial charge is 0.390 e. The van der Waals surface area contributed by atoms with E-state index in [9.17, 15) is 19.6 Å². The van der Waals surface area contributed by atoms with E-state index in [-0.39, 0.29) is 25.1 Å². The van der Waals surface area contributed by atoms with E-state index in [0.29, 0.717) is 13.1 Å². The highest BCUT2D eigenvalue weighted by Crippen LogP contribution is 2.17. The van der Waals surface area contributed by atoms with Crippen molar-refractivity contribution in [2.75, 3.05) is 26.3 Å². The Balaban J connectivity index is 0.00000116. The van der Waals surface area contributed by atoms with Gasteiger partial charge in [0.05, 0.1) is 19.3 Å². The summed E-state index contributed by atoms with van der Waals surface area (Å²) in [5.74, 6) is -0.233. The molecule has 0 saturated carbocycles. The van der Waals surface area contributed by atoms with Gasteiger partial charge in [-0.3, -0.25) is 4.39 Å². The van der Waals surface area contributed by atoms with Crippen molar-refractivity contribution in [1.29, 1.82) is 0 Å². The molecule has 1 aromatic heterocycles. The van der Waals surface area contributed by atoms with E-state index in [4.69, 9.17) is 0 Å². The number of piperidine rings is 1. The van der Waals surface area contributed by atoms with Crippen LogP contribution < -0.4 is 0 Å². The number of β-amino-alcohol motifs (C(OH)–C–C–N with tert-alkyl or cyclic N) is 1. The molecule has 0 radical (unpaired) electrons. The number of imidazole rings is 1. The zero-order valence-electron chi connectivity index (χ0n) is 13.2. The van der Waals surface area contributed by atoms with Crippen LogP contribution in [0.5, 0.6) is 0 Å². The summed E-state index contributed by atoms with van der Waals surface area (Å²) < 4.78 is 14.0. The summed E-state index contributed by atoms with van der Waals surface area (Å²) in [5.41, 5.74) is 0. The highest BCUT2D eigenvalue weighted by atomic mass is 19.1. The molecule has 0 amide bonds. The Labute approximate surface area is 129 Å². The fourth-order valence-corrected chi connectivity index (χ4v) is 2.64. The Hall–Kier alpha value is -1.54. The molecule has 22 heavy (non-hydrogen) atoms. The number of halogens is 1. The summed E-state index contributed by atoms with van der Waals surface area (Å²) in [7, 11) is 0. The third kappa shape index (κ3) is 5.34. The summed E-state index contributed by atoms with van der Waals surface area (Å²) >= 11 is 0. The minimum absolute atomic E-state index is 0.0403. The van der Waals surface area contributed by atoms with Gasteiger partial charge in [-0.05, 0) is 24.3 Å². The van der Waals surface area contributed by atoms with Crippen molar-refractivity contribution in [2.24, 2.45) is 5.92 Å². The second-order valence-electron chi connectivity index (χ2n) is 5.21. The van der Waals surface area contributed by atoms with Crippen molar-refractivity contribution >= 4 is 5.95 Å². The molecule has 0 aliphatic carbocycles. The molecule has 2 heterocycles. The van der Waals surface area contributed by atoms with Crippen LogP contribution in [0, 0.1) is 16.0 Å². The molecule has 1 aliphatic rings. The van der Waals surface area contributed by atoms with Crippen molar-refractivity contribution in [3.05, 3.63) is 22.5 Å². The third-order valence-corrected chi connectivity index (χ3v) is 3.55. The van der Waals surface area contributed by atoms with Crippen LogP contribution >= 0.6 is 0 Å². The molecular formula is C14H25FN4O3. The van der Waals surface area contributed by atoms with E-state index in [0.717, 1.165) is 19.4 Å². The number of aliphatic hydroxyl groups is 1. The van der Waals surface area contributed by atoms with Crippen LogP contribution in [0.1, 0.15) is 26.7 Å². The van der Waals surface area contributed by atoms with Gasteiger partial charge in [-0.1, -0.05) is 18.8 Å². The Bertz CT molecular complexity index is 455. The van der Waals surface area contributed by atoms with E-state index in [2.05, 4.69) is 4.98 Å².